The zero-order valence-corrected chi connectivity index (χ0v) is 25.5. The summed E-state index contributed by atoms with van der Waals surface area (Å²) in [6.07, 6.45) is 2.36. The van der Waals surface area contributed by atoms with E-state index in [4.69, 9.17) is 24.4 Å². The molecule has 0 saturated carbocycles. The third kappa shape index (κ3) is 7.69. The van der Waals surface area contributed by atoms with Crippen LogP contribution < -0.4 is 19.5 Å². The number of anilines is 1. The van der Waals surface area contributed by atoms with Crippen LogP contribution in [0.1, 0.15) is 11.3 Å². The number of aliphatic imine (C=N–C) groups is 1. The van der Waals surface area contributed by atoms with E-state index in [1.54, 1.807) is 73.7 Å². The number of benzene rings is 1. The van der Waals surface area contributed by atoms with Crippen molar-refractivity contribution in [3.05, 3.63) is 114 Å². The van der Waals surface area contributed by atoms with Crippen molar-refractivity contribution >= 4 is 33.4 Å². The van der Waals surface area contributed by atoms with Gasteiger partial charge in [-0.25, -0.2) is 19.8 Å². The van der Waals surface area contributed by atoms with Gasteiger partial charge in [-0.3, -0.25) is 20.4 Å². The number of hydrogen-bond donors (Lipinski definition) is 3. The number of carbonyl (C=O) groups is 1. The molecule has 0 fully saturated rings. The van der Waals surface area contributed by atoms with E-state index in [9.17, 15) is 13.2 Å². The molecule has 4 aromatic rings. The molecule has 46 heavy (non-hydrogen) atoms. The molecule has 3 N–H and O–H groups in total. The van der Waals surface area contributed by atoms with Gasteiger partial charge in [0.1, 0.15) is 18.1 Å². The summed E-state index contributed by atoms with van der Waals surface area (Å²) >= 11 is 0. The smallest absolute Gasteiger partial charge is 0.412 e. The van der Waals surface area contributed by atoms with Crippen LogP contribution >= 0.6 is 0 Å². The van der Waals surface area contributed by atoms with Gasteiger partial charge in [0.15, 0.2) is 34.2 Å². The predicted molar refractivity (Wildman–Crippen MR) is 167 cm³/mol. The van der Waals surface area contributed by atoms with Gasteiger partial charge in [0.2, 0.25) is 0 Å². The Kier molecular flexibility index (Phi) is 9.94. The first-order valence-corrected chi connectivity index (χ1v) is 15.3. The van der Waals surface area contributed by atoms with Crippen LogP contribution in [0.15, 0.2) is 113 Å². The highest BCUT2D eigenvalue weighted by Gasteiger charge is 2.37. The summed E-state index contributed by atoms with van der Waals surface area (Å²) < 4.78 is 52.4. The molecule has 0 bridgehead atoms. The van der Waals surface area contributed by atoms with Crippen LogP contribution in [0, 0.1) is 12.3 Å². The SMILES string of the molecule is COc1ccccc1OC1=C(NS(=O)(=O)c2ccc(C)cn2)N=C(c2ccccn2)C(=N)C1OCCOC(=O)Nc1ccccn1. The fourth-order valence-electron chi connectivity index (χ4n) is 4.13. The van der Waals surface area contributed by atoms with Gasteiger partial charge in [-0.1, -0.05) is 30.3 Å². The van der Waals surface area contributed by atoms with Gasteiger partial charge in [0.05, 0.1) is 25.1 Å². The van der Waals surface area contributed by atoms with E-state index in [2.05, 4.69) is 30.0 Å². The second-order valence-corrected chi connectivity index (χ2v) is 11.2. The highest BCUT2D eigenvalue weighted by molar-refractivity contribution is 7.89. The number of ether oxygens (including phenoxy) is 4. The zero-order chi connectivity index (χ0) is 32.5. The monoisotopic (exact) mass is 643 g/mol. The summed E-state index contributed by atoms with van der Waals surface area (Å²) in [5.74, 6) is 0.395. The molecule has 0 aliphatic carbocycles. The zero-order valence-electron chi connectivity index (χ0n) is 24.7. The minimum absolute atomic E-state index is 0.0290. The summed E-state index contributed by atoms with van der Waals surface area (Å²) in [5.41, 5.74) is 0.900. The van der Waals surface area contributed by atoms with Gasteiger partial charge in [-0.2, -0.15) is 8.42 Å². The molecule has 1 amide bonds. The fraction of sp³-hybridized carbons (Fsp3) is 0.161. The van der Waals surface area contributed by atoms with Crippen LogP contribution in [0.5, 0.6) is 11.5 Å². The van der Waals surface area contributed by atoms with Crippen molar-refractivity contribution in [1.29, 1.82) is 5.41 Å². The van der Waals surface area contributed by atoms with E-state index >= 15 is 0 Å². The first-order valence-electron chi connectivity index (χ1n) is 13.8. The second-order valence-electron chi connectivity index (χ2n) is 9.56. The number of amides is 1. The van der Waals surface area contributed by atoms with Crippen LogP contribution in [0.4, 0.5) is 10.6 Å². The molecule has 0 radical (unpaired) electrons. The maximum absolute atomic E-state index is 13.5. The van der Waals surface area contributed by atoms with Gasteiger partial charge in [0, 0.05) is 18.6 Å². The van der Waals surface area contributed by atoms with Crippen molar-refractivity contribution < 1.29 is 32.2 Å². The van der Waals surface area contributed by atoms with Crippen molar-refractivity contribution in [3.8, 4) is 11.5 Å². The number of nitrogens with one attached hydrogen (secondary N) is 3. The van der Waals surface area contributed by atoms with Gasteiger partial charge < -0.3 is 18.9 Å². The number of pyridine rings is 3. The lowest BCUT2D eigenvalue weighted by molar-refractivity contribution is 0.0545. The molecule has 14 nitrogen and oxygen atoms in total. The molecule has 5 rings (SSSR count). The van der Waals surface area contributed by atoms with Crippen LogP contribution in [-0.4, -0.2) is 67.3 Å². The van der Waals surface area contributed by atoms with Crippen LogP contribution in [0.2, 0.25) is 0 Å². The Balaban J connectivity index is 1.50. The molecular formula is C31H29N7O7S. The number of methoxy groups -OCH3 is 1. The summed E-state index contributed by atoms with van der Waals surface area (Å²) in [7, 11) is -2.85. The van der Waals surface area contributed by atoms with E-state index in [1.165, 1.54) is 31.8 Å². The first-order chi connectivity index (χ1) is 22.2. The Labute approximate surface area is 264 Å². The number of aromatic nitrogens is 3. The Hall–Kier alpha value is -5.67. The molecule has 1 atom stereocenters. The number of hydrogen-bond acceptors (Lipinski definition) is 12. The second kappa shape index (κ2) is 14.4. The normalized spacial score (nSPS) is 14.7. The summed E-state index contributed by atoms with van der Waals surface area (Å²) in [5, 5.41) is 11.3. The van der Waals surface area contributed by atoms with Gasteiger partial charge >= 0.3 is 6.09 Å². The number of carbonyl (C=O) groups excluding carboxylic acids is 1. The quantitative estimate of drug-likeness (QED) is 0.191. The van der Waals surface area contributed by atoms with Crippen molar-refractivity contribution in [1.82, 2.24) is 19.7 Å². The van der Waals surface area contributed by atoms with Crippen molar-refractivity contribution in [2.45, 2.75) is 18.1 Å². The number of para-hydroxylation sites is 2. The molecule has 15 heteroatoms. The minimum atomic E-state index is -4.30. The van der Waals surface area contributed by atoms with E-state index in [-0.39, 0.29) is 52.7 Å². The summed E-state index contributed by atoms with van der Waals surface area (Å²) in [6.45, 7) is 1.34. The Morgan fingerprint density at radius 3 is 2.33 bits per heavy atom. The molecule has 1 aromatic carbocycles. The van der Waals surface area contributed by atoms with Crippen molar-refractivity contribution in [2.24, 2.45) is 4.99 Å². The highest BCUT2D eigenvalue weighted by atomic mass is 32.2. The highest BCUT2D eigenvalue weighted by Crippen LogP contribution is 2.32. The van der Waals surface area contributed by atoms with Crippen molar-refractivity contribution in [2.75, 3.05) is 25.6 Å². The number of nitrogens with zero attached hydrogens (tertiary/aromatic N) is 4. The molecule has 1 aliphatic rings. The van der Waals surface area contributed by atoms with Crippen LogP contribution in [0.3, 0.4) is 0 Å². The average Bonchev–Trinajstić information content (AvgIpc) is 3.06. The first kappa shape index (κ1) is 31.7. The van der Waals surface area contributed by atoms with Crippen molar-refractivity contribution in [3.63, 3.8) is 0 Å². The number of sulfonamides is 1. The number of aryl methyl sites for hydroxylation is 1. The van der Waals surface area contributed by atoms with Crippen LogP contribution in [0.25, 0.3) is 0 Å². The topological polar surface area (TPSA) is 187 Å². The van der Waals surface area contributed by atoms with E-state index in [0.29, 0.717) is 11.6 Å². The molecule has 0 saturated heterocycles. The van der Waals surface area contributed by atoms with E-state index in [0.717, 1.165) is 5.56 Å². The molecule has 3 aromatic heterocycles. The Bertz CT molecular complexity index is 1870. The fourth-order valence-corrected chi connectivity index (χ4v) is 5.07. The Morgan fingerprint density at radius 2 is 1.65 bits per heavy atom. The maximum atomic E-state index is 13.5. The van der Waals surface area contributed by atoms with Gasteiger partial charge in [-0.05, 0) is 55.0 Å². The third-order valence-electron chi connectivity index (χ3n) is 6.30. The standard InChI is InChI=1S/C31H29N7O7S/c1-20-13-14-25(35-19-20)46(40,41)38-30-29(45-23-11-4-3-10-22(23)42-2)28(26(32)27(37-30)21-9-5-7-15-33-21)43-17-18-44-31(39)36-24-12-6-8-16-34-24/h3-16,19,28,32,38H,17-18H2,1-2H3,(H,34,36,39). The molecule has 0 spiro atoms. The number of rotatable bonds is 12. The average molecular weight is 644 g/mol. The molecule has 1 aliphatic heterocycles. The summed E-state index contributed by atoms with van der Waals surface area (Å²) in [4.78, 5) is 29.1. The maximum Gasteiger partial charge on any atom is 0.412 e. The van der Waals surface area contributed by atoms with E-state index < -0.39 is 22.2 Å². The van der Waals surface area contributed by atoms with Gasteiger partial charge in [-0.15, -0.1) is 0 Å². The molecular weight excluding hydrogens is 614 g/mol. The third-order valence-corrected chi connectivity index (χ3v) is 7.55. The van der Waals surface area contributed by atoms with Gasteiger partial charge in [0.25, 0.3) is 10.0 Å². The lowest BCUT2D eigenvalue weighted by Gasteiger charge is -2.28. The molecule has 1 unspecified atom stereocenters. The van der Waals surface area contributed by atoms with E-state index in [1.807, 2.05) is 0 Å². The predicted octanol–water partition coefficient (Wildman–Crippen LogP) is 3.87. The van der Waals surface area contributed by atoms with Crippen LogP contribution in [-0.2, 0) is 19.5 Å². The molecule has 4 heterocycles. The Morgan fingerprint density at radius 1 is 0.913 bits per heavy atom. The lowest BCUT2D eigenvalue weighted by atomic mass is 10.0. The summed E-state index contributed by atoms with van der Waals surface area (Å²) in [6, 6.07) is 19.7. The largest absolute Gasteiger partial charge is 0.493 e. The lowest BCUT2D eigenvalue weighted by Crippen LogP contribution is -2.42. The minimum Gasteiger partial charge on any atom is -0.493 e. The molecule has 236 valence electrons.